The number of anilines is 2. The van der Waals surface area contributed by atoms with Crippen molar-refractivity contribution in [2.24, 2.45) is 4.99 Å². The molecule has 3 aliphatic heterocycles. The minimum Gasteiger partial charge on any atom is -0.372 e. The molecular formula is C38H38N4OS. The number of rotatable bonds is 7. The van der Waals surface area contributed by atoms with Gasteiger partial charge in [-0.15, -0.1) is 0 Å². The quantitative estimate of drug-likeness (QED) is 0.218. The molecule has 3 heterocycles. The molecule has 222 valence electrons. The summed E-state index contributed by atoms with van der Waals surface area (Å²) in [5.41, 5.74) is 9.87. The van der Waals surface area contributed by atoms with E-state index in [2.05, 4.69) is 126 Å². The Hall–Kier alpha value is -4.29. The van der Waals surface area contributed by atoms with Crippen molar-refractivity contribution in [3.63, 3.8) is 0 Å². The van der Waals surface area contributed by atoms with Crippen LogP contribution in [-0.2, 0) is 4.79 Å². The third-order valence-electron chi connectivity index (χ3n) is 9.20. The maximum absolute atomic E-state index is 13.0. The van der Waals surface area contributed by atoms with Crippen molar-refractivity contribution >= 4 is 46.0 Å². The van der Waals surface area contributed by atoms with Gasteiger partial charge in [0.05, 0.1) is 10.6 Å². The van der Waals surface area contributed by atoms with Gasteiger partial charge < -0.3 is 15.1 Å². The van der Waals surface area contributed by atoms with E-state index in [-0.39, 0.29) is 5.91 Å². The first-order chi connectivity index (χ1) is 21.6. The lowest BCUT2D eigenvalue weighted by Gasteiger charge is -2.43. The molecule has 6 heteroatoms. The molecule has 0 aromatic heterocycles. The van der Waals surface area contributed by atoms with E-state index in [0.29, 0.717) is 21.9 Å². The lowest BCUT2D eigenvalue weighted by molar-refractivity contribution is -0.115. The summed E-state index contributed by atoms with van der Waals surface area (Å²) in [7, 11) is 0. The van der Waals surface area contributed by atoms with Gasteiger partial charge >= 0.3 is 0 Å². The molecule has 0 spiro atoms. The lowest BCUT2D eigenvalue weighted by Crippen LogP contribution is -2.37. The van der Waals surface area contributed by atoms with Crippen LogP contribution in [0, 0.1) is 0 Å². The number of amides is 1. The first-order valence-corrected chi connectivity index (χ1v) is 16.6. The molecule has 3 aliphatic rings. The largest absolute Gasteiger partial charge is 0.372 e. The third kappa shape index (κ3) is 5.55. The number of nitrogens with zero attached hydrogens (tertiary/aromatic N) is 3. The number of carbonyl (C=O) groups excluding carboxylic acids is 1. The van der Waals surface area contributed by atoms with Crippen molar-refractivity contribution < 1.29 is 4.79 Å². The van der Waals surface area contributed by atoms with Crippen LogP contribution in [0.4, 0.5) is 17.1 Å². The molecule has 1 saturated heterocycles. The molecule has 0 saturated carbocycles. The molecule has 44 heavy (non-hydrogen) atoms. The summed E-state index contributed by atoms with van der Waals surface area (Å²) < 4.78 is 0. The van der Waals surface area contributed by atoms with E-state index in [0.717, 1.165) is 50.3 Å². The van der Waals surface area contributed by atoms with Gasteiger partial charge in [0, 0.05) is 49.4 Å². The summed E-state index contributed by atoms with van der Waals surface area (Å²) >= 11 is 1.42. The lowest BCUT2D eigenvalue weighted by atomic mass is 9.76. The third-order valence-corrected chi connectivity index (χ3v) is 10.1. The van der Waals surface area contributed by atoms with Crippen LogP contribution in [-0.4, -0.2) is 37.3 Å². The summed E-state index contributed by atoms with van der Waals surface area (Å²) in [6.45, 7) is 8.38. The van der Waals surface area contributed by atoms with E-state index in [1.807, 2.05) is 6.08 Å². The molecule has 0 unspecified atom stereocenters. The molecule has 7 rings (SSSR count). The van der Waals surface area contributed by atoms with Crippen molar-refractivity contribution in [3.8, 4) is 0 Å². The van der Waals surface area contributed by atoms with Crippen LogP contribution < -0.4 is 15.1 Å². The van der Waals surface area contributed by atoms with Gasteiger partial charge in [0.2, 0.25) is 0 Å². The van der Waals surface area contributed by atoms with E-state index in [4.69, 9.17) is 4.99 Å². The second-order valence-corrected chi connectivity index (χ2v) is 12.7. The summed E-state index contributed by atoms with van der Waals surface area (Å²) in [6.07, 6.45) is 4.12. The van der Waals surface area contributed by atoms with E-state index >= 15 is 0 Å². The molecule has 5 nitrogen and oxygen atoms in total. The van der Waals surface area contributed by atoms with Gasteiger partial charge in [0.25, 0.3) is 5.91 Å². The summed E-state index contributed by atoms with van der Waals surface area (Å²) in [5, 5.41) is 3.66. The van der Waals surface area contributed by atoms with Gasteiger partial charge in [0.1, 0.15) is 0 Å². The predicted molar refractivity (Wildman–Crippen MR) is 185 cm³/mol. The number of nitrogens with one attached hydrogen (secondary N) is 1. The Bertz CT molecular complexity index is 1640. The fourth-order valence-electron chi connectivity index (χ4n) is 7.02. The zero-order valence-corrected chi connectivity index (χ0v) is 26.2. The number of carbonyl (C=O) groups is 1. The van der Waals surface area contributed by atoms with Crippen LogP contribution in [0.25, 0.3) is 6.08 Å². The smallest absolute Gasteiger partial charge is 0.264 e. The van der Waals surface area contributed by atoms with Crippen LogP contribution >= 0.6 is 11.8 Å². The van der Waals surface area contributed by atoms with Gasteiger partial charge in [-0.05, 0) is 96.6 Å². The number of amidine groups is 1. The Balaban J connectivity index is 1.25. The molecular weight excluding hydrogens is 561 g/mol. The van der Waals surface area contributed by atoms with Crippen LogP contribution in [0.1, 0.15) is 66.3 Å². The number of aliphatic imine (C=N–C) groups is 1. The molecule has 0 radical (unpaired) electrons. The Kier molecular flexibility index (Phi) is 8.01. The highest BCUT2D eigenvalue weighted by atomic mass is 32.2. The maximum atomic E-state index is 13.0. The Labute approximate surface area is 264 Å². The average Bonchev–Trinajstić information content (AvgIpc) is 3.41. The molecule has 4 aromatic rings. The molecule has 4 aromatic carbocycles. The van der Waals surface area contributed by atoms with Crippen molar-refractivity contribution in [3.05, 3.63) is 130 Å². The highest BCUT2D eigenvalue weighted by Crippen LogP contribution is 2.50. The van der Waals surface area contributed by atoms with E-state index in [1.165, 1.54) is 45.4 Å². The molecule has 1 N–H and O–H groups in total. The number of thioether (sulfide) groups is 1. The van der Waals surface area contributed by atoms with Gasteiger partial charge in [-0.3, -0.25) is 4.79 Å². The molecule has 0 bridgehead atoms. The Morgan fingerprint density at radius 2 is 1.41 bits per heavy atom. The first-order valence-electron chi connectivity index (χ1n) is 15.8. The van der Waals surface area contributed by atoms with Gasteiger partial charge in [-0.25, -0.2) is 4.99 Å². The highest BCUT2D eigenvalue weighted by molar-refractivity contribution is 8.18. The van der Waals surface area contributed by atoms with Gasteiger partial charge in [-0.2, -0.15) is 0 Å². The normalized spacial score (nSPS) is 21.0. The highest BCUT2D eigenvalue weighted by Gasteiger charge is 2.35. The summed E-state index contributed by atoms with van der Waals surface area (Å²) in [4.78, 5) is 23.7. The second-order valence-electron chi connectivity index (χ2n) is 11.7. The second kappa shape index (κ2) is 12.4. The molecule has 1 fully saturated rings. The summed E-state index contributed by atoms with van der Waals surface area (Å²) in [6, 6.07) is 34.7. The van der Waals surface area contributed by atoms with E-state index in [9.17, 15) is 4.79 Å². The number of hydrogen-bond acceptors (Lipinski definition) is 5. The Morgan fingerprint density at radius 1 is 0.841 bits per heavy atom. The predicted octanol–water partition coefficient (Wildman–Crippen LogP) is 8.30. The topological polar surface area (TPSA) is 47.9 Å². The first kappa shape index (κ1) is 28.5. The van der Waals surface area contributed by atoms with E-state index in [1.54, 1.807) is 0 Å². The zero-order valence-electron chi connectivity index (χ0n) is 25.4. The van der Waals surface area contributed by atoms with Crippen LogP contribution in [0.5, 0.6) is 0 Å². The van der Waals surface area contributed by atoms with Crippen molar-refractivity contribution in [1.82, 2.24) is 5.32 Å². The molecule has 0 aliphatic carbocycles. The fourth-order valence-corrected chi connectivity index (χ4v) is 7.87. The fraction of sp³-hybridized carbons (Fsp3) is 0.263. The van der Waals surface area contributed by atoms with E-state index < -0.39 is 0 Å². The van der Waals surface area contributed by atoms with Crippen molar-refractivity contribution in [2.75, 3.05) is 36.0 Å². The SMILES string of the molecule is CCN(CC)c1ccc(/C=C2\SC(=Nc3cc4c5c(c3)[C@H](c3ccccc3)CCN5CC[C@H]4c3ccccc3)NC2=O)cc1. The van der Waals surface area contributed by atoms with Crippen LogP contribution in [0.2, 0.25) is 0 Å². The van der Waals surface area contributed by atoms with Gasteiger partial charge in [-0.1, -0.05) is 72.8 Å². The van der Waals surface area contributed by atoms with Crippen molar-refractivity contribution in [1.29, 1.82) is 0 Å². The standard InChI is InChI=1S/C38H38N4OS/c1-3-41(4-2)30-17-15-26(16-18-30)23-35-37(43)40-38(44-35)39-29-24-33-31(27-11-7-5-8-12-27)19-21-42-22-20-32(34(25-29)36(33)42)28-13-9-6-10-14-28/h5-18,23-25,31-32H,3-4,19-22H2,1-2H3,(H,39,40,43)/b35-23-/t31-,32-/m0/s1. The monoisotopic (exact) mass is 598 g/mol. The summed E-state index contributed by atoms with van der Waals surface area (Å²) in [5.74, 6) is 0.532. The molecule has 2 atom stereocenters. The number of hydrogen-bond donors (Lipinski definition) is 1. The van der Waals surface area contributed by atoms with Crippen LogP contribution in [0.15, 0.2) is 107 Å². The van der Waals surface area contributed by atoms with Crippen LogP contribution in [0.3, 0.4) is 0 Å². The maximum Gasteiger partial charge on any atom is 0.264 e. The molecule has 1 amide bonds. The Morgan fingerprint density at radius 3 is 1.95 bits per heavy atom. The minimum atomic E-state index is -0.101. The van der Waals surface area contributed by atoms with Crippen molar-refractivity contribution in [2.45, 2.75) is 38.5 Å². The zero-order chi connectivity index (χ0) is 30.0. The minimum absolute atomic E-state index is 0.101. The van der Waals surface area contributed by atoms with Gasteiger partial charge in [0.15, 0.2) is 5.17 Å². The average molecular weight is 599 g/mol. The number of benzene rings is 4.